The van der Waals surface area contributed by atoms with Gasteiger partial charge in [-0.3, -0.25) is 4.79 Å². The Balaban J connectivity index is 1.78. The van der Waals surface area contributed by atoms with Crippen molar-refractivity contribution in [2.75, 3.05) is 39.4 Å². The van der Waals surface area contributed by atoms with Crippen molar-refractivity contribution in [3.05, 3.63) is 12.0 Å². The standard InChI is InChI=1S/C13H22N2O3/c1-2-14-9-11-3-5-15(6-4-11)13(16)12-10-17-7-8-18-12/h10-11,14H,2-9H2,1H3. The molecule has 0 bridgehead atoms. The van der Waals surface area contributed by atoms with Gasteiger partial charge < -0.3 is 19.7 Å². The highest BCUT2D eigenvalue weighted by atomic mass is 16.6. The zero-order valence-electron chi connectivity index (χ0n) is 11.0. The smallest absolute Gasteiger partial charge is 0.292 e. The van der Waals surface area contributed by atoms with Crippen LogP contribution in [0.25, 0.3) is 0 Å². The van der Waals surface area contributed by atoms with E-state index in [1.165, 1.54) is 6.26 Å². The van der Waals surface area contributed by atoms with E-state index in [1.54, 1.807) is 0 Å². The molecule has 0 aromatic carbocycles. The summed E-state index contributed by atoms with van der Waals surface area (Å²) in [5.41, 5.74) is 0. The van der Waals surface area contributed by atoms with Crippen molar-refractivity contribution in [1.29, 1.82) is 0 Å². The number of carbonyl (C=O) groups excluding carboxylic acids is 1. The SMILES string of the molecule is CCNCC1CCN(C(=O)C2=COCCO2)CC1. The molecule has 0 spiro atoms. The number of piperidine rings is 1. The summed E-state index contributed by atoms with van der Waals surface area (Å²) in [6.07, 6.45) is 3.57. The van der Waals surface area contributed by atoms with Crippen molar-refractivity contribution >= 4 is 5.91 Å². The van der Waals surface area contributed by atoms with E-state index in [0.29, 0.717) is 24.9 Å². The summed E-state index contributed by atoms with van der Waals surface area (Å²) in [6, 6.07) is 0. The largest absolute Gasteiger partial charge is 0.494 e. The van der Waals surface area contributed by atoms with Gasteiger partial charge in [0.15, 0.2) is 0 Å². The summed E-state index contributed by atoms with van der Waals surface area (Å²) >= 11 is 0. The van der Waals surface area contributed by atoms with Crippen LogP contribution in [0.1, 0.15) is 19.8 Å². The fourth-order valence-corrected chi connectivity index (χ4v) is 2.32. The molecule has 0 atom stereocenters. The third-order valence-corrected chi connectivity index (χ3v) is 3.44. The molecule has 2 aliphatic rings. The summed E-state index contributed by atoms with van der Waals surface area (Å²) in [5.74, 6) is 1.01. The molecule has 102 valence electrons. The van der Waals surface area contributed by atoms with Crippen LogP contribution >= 0.6 is 0 Å². The molecule has 1 amide bonds. The van der Waals surface area contributed by atoms with Crippen LogP contribution in [0.3, 0.4) is 0 Å². The molecule has 1 saturated heterocycles. The summed E-state index contributed by atoms with van der Waals surface area (Å²) in [4.78, 5) is 14.0. The zero-order valence-corrected chi connectivity index (χ0v) is 11.0. The Bertz CT molecular complexity index is 309. The van der Waals surface area contributed by atoms with Gasteiger partial charge in [-0.15, -0.1) is 0 Å². The maximum absolute atomic E-state index is 12.1. The van der Waals surface area contributed by atoms with E-state index in [-0.39, 0.29) is 5.91 Å². The van der Waals surface area contributed by atoms with E-state index in [1.807, 2.05) is 4.90 Å². The lowest BCUT2D eigenvalue weighted by molar-refractivity contribution is -0.133. The lowest BCUT2D eigenvalue weighted by Crippen LogP contribution is -2.42. The maximum Gasteiger partial charge on any atom is 0.292 e. The van der Waals surface area contributed by atoms with Crippen molar-refractivity contribution in [1.82, 2.24) is 10.2 Å². The maximum atomic E-state index is 12.1. The minimum Gasteiger partial charge on any atom is -0.494 e. The second-order valence-electron chi connectivity index (χ2n) is 4.74. The molecule has 5 nitrogen and oxygen atoms in total. The Morgan fingerprint density at radius 3 is 2.83 bits per heavy atom. The molecular weight excluding hydrogens is 232 g/mol. The van der Waals surface area contributed by atoms with E-state index < -0.39 is 0 Å². The third kappa shape index (κ3) is 3.38. The normalized spacial score (nSPS) is 20.9. The van der Waals surface area contributed by atoms with Gasteiger partial charge >= 0.3 is 0 Å². The Morgan fingerprint density at radius 1 is 1.44 bits per heavy atom. The van der Waals surface area contributed by atoms with Crippen LogP contribution in [0.2, 0.25) is 0 Å². The average Bonchev–Trinajstić information content (AvgIpc) is 2.46. The highest BCUT2D eigenvalue weighted by molar-refractivity contribution is 5.91. The lowest BCUT2D eigenvalue weighted by Gasteiger charge is -2.32. The highest BCUT2D eigenvalue weighted by Gasteiger charge is 2.26. The van der Waals surface area contributed by atoms with Crippen molar-refractivity contribution < 1.29 is 14.3 Å². The number of amides is 1. The Kier molecular flexibility index (Phi) is 4.87. The first-order valence-electron chi connectivity index (χ1n) is 6.75. The predicted octanol–water partition coefficient (Wildman–Crippen LogP) is 0.723. The Labute approximate surface area is 108 Å². The summed E-state index contributed by atoms with van der Waals surface area (Å²) in [7, 11) is 0. The molecule has 2 aliphatic heterocycles. The van der Waals surface area contributed by atoms with Gasteiger partial charge in [0, 0.05) is 13.1 Å². The number of nitrogens with one attached hydrogen (secondary N) is 1. The van der Waals surface area contributed by atoms with Crippen molar-refractivity contribution in [2.24, 2.45) is 5.92 Å². The Hall–Kier alpha value is -1.23. The lowest BCUT2D eigenvalue weighted by atomic mass is 9.96. The number of carbonyl (C=O) groups is 1. The molecule has 2 rings (SSSR count). The van der Waals surface area contributed by atoms with Crippen LogP contribution in [0.15, 0.2) is 12.0 Å². The van der Waals surface area contributed by atoms with Crippen LogP contribution in [-0.4, -0.2) is 50.2 Å². The molecule has 0 aromatic rings. The predicted molar refractivity (Wildman–Crippen MR) is 67.8 cm³/mol. The third-order valence-electron chi connectivity index (χ3n) is 3.44. The topological polar surface area (TPSA) is 50.8 Å². The van der Waals surface area contributed by atoms with E-state index in [4.69, 9.17) is 9.47 Å². The minimum atomic E-state index is -0.0309. The fourth-order valence-electron chi connectivity index (χ4n) is 2.32. The molecule has 0 aromatic heterocycles. The van der Waals surface area contributed by atoms with Gasteiger partial charge in [-0.2, -0.15) is 0 Å². The van der Waals surface area contributed by atoms with Gasteiger partial charge in [0.1, 0.15) is 19.5 Å². The molecule has 1 fully saturated rings. The fraction of sp³-hybridized carbons (Fsp3) is 0.769. The molecule has 1 N–H and O–H groups in total. The molecule has 2 heterocycles. The molecular formula is C13H22N2O3. The van der Waals surface area contributed by atoms with E-state index in [0.717, 1.165) is 39.0 Å². The first kappa shape index (κ1) is 13.2. The molecule has 0 radical (unpaired) electrons. The number of ether oxygens (including phenoxy) is 2. The second-order valence-corrected chi connectivity index (χ2v) is 4.74. The molecule has 18 heavy (non-hydrogen) atoms. The van der Waals surface area contributed by atoms with Crippen LogP contribution in [0, 0.1) is 5.92 Å². The summed E-state index contributed by atoms with van der Waals surface area (Å²) < 4.78 is 10.4. The highest BCUT2D eigenvalue weighted by Crippen LogP contribution is 2.19. The van der Waals surface area contributed by atoms with E-state index in [9.17, 15) is 4.79 Å². The first-order valence-corrected chi connectivity index (χ1v) is 6.75. The zero-order chi connectivity index (χ0) is 12.8. The number of hydrogen-bond acceptors (Lipinski definition) is 4. The first-order chi connectivity index (χ1) is 8.81. The van der Waals surface area contributed by atoms with Gasteiger partial charge in [-0.05, 0) is 31.8 Å². The summed E-state index contributed by atoms with van der Waals surface area (Å²) in [6.45, 7) is 6.81. The van der Waals surface area contributed by atoms with Crippen molar-refractivity contribution in [3.63, 3.8) is 0 Å². The van der Waals surface area contributed by atoms with Crippen molar-refractivity contribution in [3.8, 4) is 0 Å². The van der Waals surface area contributed by atoms with Gasteiger partial charge in [0.05, 0.1) is 0 Å². The van der Waals surface area contributed by atoms with Crippen LogP contribution in [0.5, 0.6) is 0 Å². The van der Waals surface area contributed by atoms with Crippen LogP contribution < -0.4 is 5.32 Å². The van der Waals surface area contributed by atoms with Gasteiger partial charge in [0.2, 0.25) is 5.76 Å². The molecule has 0 unspecified atom stereocenters. The summed E-state index contributed by atoms with van der Waals surface area (Å²) in [5, 5.41) is 3.37. The number of hydrogen-bond donors (Lipinski definition) is 1. The quantitative estimate of drug-likeness (QED) is 0.803. The van der Waals surface area contributed by atoms with E-state index in [2.05, 4.69) is 12.2 Å². The number of rotatable bonds is 4. The van der Waals surface area contributed by atoms with Gasteiger partial charge in [0.25, 0.3) is 5.91 Å². The average molecular weight is 254 g/mol. The molecule has 0 aliphatic carbocycles. The van der Waals surface area contributed by atoms with E-state index >= 15 is 0 Å². The Morgan fingerprint density at radius 2 is 2.22 bits per heavy atom. The van der Waals surface area contributed by atoms with Crippen molar-refractivity contribution in [2.45, 2.75) is 19.8 Å². The number of nitrogens with zero attached hydrogens (tertiary/aromatic N) is 1. The monoisotopic (exact) mass is 254 g/mol. The molecule has 5 heteroatoms. The minimum absolute atomic E-state index is 0.0309. The van der Waals surface area contributed by atoms with Crippen LogP contribution in [0.4, 0.5) is 0 Å². The number of likely N-dealkylation sites (tertiary alicyclic amines) is 1. The molecule has 0 saturated carbocycles. The van der Waals surface area contributed by atoms with Crippen LogP contribution in [-0.2, 0) is 14.3 Å². The van der Waals surface area contributed by atoms with Gasteiger partial charge in [-0.1, -0.05) is 6.92 Å². The second kappa shape index (κ2) is 6.64. The van der Waals surface area contributed by atoms with Gasteiger partial charge in [-0.25, -0.2) is 0 Å².